The monoisotopic (exact) mass is 464 g/mol. The molecule has 0 amide bonds. The number of hydrogen-bond acceptors (Lipinski definition) is 6. The Labute approximate surface area is 162 Å². The van der Waals surface area contributed by atoms with E-state index >= 15 is 0 Å². The minimum Gasteiger partial charge on any atom is -0.460 e. The summed E-state index contributed by atoms with van der Waals surface area (Å²) in [5, 5.41) is 0. The van der Waals surface area contributed by atoms with Gasteiger partial charge in [-0.1, -0.05) is 13.3 Å². The molecule has 0 fully saturated rings. The number of benzene rings is 1. The first kappa shape index (κ1) is 21.9. The van der Waals surface area contributed by atoms with Crippen molar-refractivity contribution in [2.24, 2.45) is 0 Å². The Hall–Kier alpha value is -1.19. The van der Waals surface area contributed by atoms with Gasteiger partial charge in [0.25, 0.3) is 0 Å². The van der Waals surface area contributed by atoms with Gasteiger partial charge in [0.15, 0.2) is 0 Å². The molecule has 0 aromatic heterocycles. The van der Waals surface area contributed by atoms with Crippen molar-refractivity contribution >= 4 is 34.5 Å². The fraction of sp³-hybridized carbons (Fsp3) is 0.556. The van der Waals surface area contributed by atoms with Gasteiger partial charge in [0.1, 0.15) is 13.2 Å². The topological polar surface area (TPSA) is 71.1 Å². The van der Waals surface area contributed by atoms with Crippen LogP contribution in [0, 0.1) is 3.57 Å². The Balaban J connectivity index is 2.52. The van der Waals surface area contributed by atoms with Crippen molar-refractivity contribution < 1.29 is 28.5 Å². The smallest absolute Gasteiger partial charge is 0.338 e. The molecular formula is C18H25IO6. The minimum atomic E-state index is -0.491. The third-order valence-electron chi connectivity index (χ3n) is 3.14. The summed E-state index contributed by atoms with van der Waals surface area (Å²) < 4.78 is 21.5. The van der Waals surface area contributed by atoms with Gasteiger partial charge >= 0.3 is 11.9 Å². The highest BCUT2D eigenvalue weighted by molar-refractivity contribution is 14.1. The van der Waals surface area contributed by atoms with Gasteiger partial charge in [0.05, 0.1) is 24.3 Å². The van der Waals surface area contributed by atoms with E-state index in [-0.39, 0.29) is 13.2 Å². The van der Waals surface area contributed by atoms with Crippen LogP contribution in [-0.4, -0.2) is 51.6 Å². The summed E-state index contributed by atoms with van der Waals surface area (Å²) in [7, 11) is 0. The second-order valence-electron chi connectivity index (χ2n) is 5.16. The van der Waals surface area contributed by atoms with Crippen molar-refractivity contribution in [3.8, 4) is 0 Å². The summed E-state index contributed by atoms with van der Waals surface area (Å²) in [6, 6.07) is 4.80. The maximum Gasteiger partial charge on any atom is 0.338 e. The van der Waals surface area contributed by atoms with E-state index in [2.05, 4.69) is 6.92 Å². The molecule has 1 aromatic carbocycles. The van der Waals surface area contributed by atoms with E-state index in [1.165, 1.54) is 6.07 Å². The van der Waals surface area contributed by atoms with Crippen molar-refractivity contribution in [2.45, 2.75) is 26.7 Å². The van der Waals surface area contributed by atoms with Gasteiger partial charge in [-0.15, -0.1) is 0 Å². The van der Waals surface area contributed by atoms with Crippen molar-refractivity contribution in [3.05, 3.63) is 32.9 Å². The first-order valence-corrected chi connectivity index (χ1v) is 9.46. The highest BCUT2D eigenvalue weighted by atomic mass is 127. The van der Waals surface area contributed by atoms with Crippen LogP contribution in [0.1, 0.15) is 47.4 Å². The van der Waals surface area contributed by atoms with E-state index in [9.17, 15) is 9.59 Å². The molecule has 0 radical (unpaired) electrons. The summed E-state index contributed by atoms with van der Waals surface area (Å²) in [4.78, 5) is 24.1. The van der Waals surface area contributed by atoms with Crippen LogP contribution in [0.5, 0.6) is 0 Å². The molecule has 0 aliphatic heterocycles. The van der Waals surface area contributed by atoms with E-state index in [1.807, 2.05) is 29.5 Å². The van der Waals surface area contributed by atoms with Gasteiger partial charge < -0.3 is 18.9 Å². The molecule has 0 atom stereocenters. The fourth-order valence-electron chi connectivity index (χ4n) is 1.87. The molecule has 0 N–H and O–H groups in total. The maximum absolute atomic E-state index is 12.1. The van der Waals surface area contributed by atoms with E-state index in [0.717, 1.165) is 16.4 Å². The minimum absolute atomic E-state index is 0.174. The summed E-state index contributed by atoms with van der Waals surface area (Å²) in [5.41, 5.74) is 0.631. The molecule has 140 valence electrons. The second-order valence-corrected chi connectivity index (χ2v) is 6.41. The lowest BCUT2D eigenvalue weighted by atomic mass is 10.1. The summed E-state index contributed by atoms with van der Waals surface area (Å²) in [5.74, 6) is -0.976. The first-order chi connectivity index (χ1) is 12.1. The Morgan fingerprint density at radius 3 is 1.92 bits per heavy atom. The largest absolute Gasteiger partial charge is 0.460 e. The van der Waals surface area contributed by atoms with Crippen LogP contribution in [0.2, 0.25) is 0 Å². The Morgan fingerprint density at radius 2 is 1.40 bits per heavy atom. The standard InChI is InChI=1S/C18H25IO6/c1-3-5-6-23-8-10-25-18(21)15-11-14(12-16(19)13-15)17(20)24-9-7-22-4-2/h11-13H,3-10H2,1-2H3. The zero-order valence-electron chi connectivity index (χ0n) is 14.7. The van der Waals surface area contributed by atoms with Gasteiger partial charge in [-0.25, -0.2) is 9.59 Å². The number of rotatable bonds is 12. The zero-order valence-corrected chi connectivity index (χ0v) is 16.9. The second kappa shape index (κ2) is 13.1. The SMILES string of the molecule is CCCCOCCOC(=O)c1cc(I)cc(C(=O)OCCOCC)c1. The third-order valence-corrected chi connectivity index (χ3v) is 3.76. The number of carbonyl (C=O) groups excluding carboxylic acids is 2. The average Bonchev–Trinajstić information content (AvgIpc) is 2.60. The molecule has 0 aliphatic carbocycles. The van der Waals surface area contributed by atoms with E-state index in [1.54, 1.807) is 12.1 Å². The quantitative estimate of drug-likeness (QED) is 0.268. The lowest BCUT2D eigenvalue weighted by molar-refractivity contribution is 0.0313. The van der Waals surface area contributed by atoms with Gasteiger partial charge in [0, 0.05) is 16.8 Å². The normalized spacial score (nSPS) is 10.5. The lowest BCUT2D eigenvalue weighted by Crippen LogP contribution is -2.14. The molecular weight excluding hydrogens is 439 g/mol. The predicted octanol–water partition coefficient (Wildman–Crippen LogP) is 3.46. The molecule has 0 bridgehead atoms. The Bertz CT molecular complexity index is 546. The molecule has 0 saturated carbocycles. The first-order valence-electron chi connectivity index (χ1n) is 8.38. The molecule has 0 saturated heterocycles. The van der Waals surface area contributed by atoms with E-state index in [4.69, 9.17) is 18.9 Å². The van der Waals surface area contributed by atoms with Gasteiger partial charge in [-0.2, -0.15) is 0 Å². The fourth-order valence-corrected chi connectivity index (χ4v) is 2.54. The van der Waals surface area contributed by atoms with Crippen molar-refractivity contribution in [2.75, 3.05) is 39.6 Å². The van der Waals surface area contributed by atoms with Crippen LogP contribution in [0.4, 0.5) is 0 Å². The molecule has 0 spiro atoms. The third kappa shape index (κ3) is 9.18. The molecule has 0 aliphatic rings. The summed E-state index contributed by atoms with van der Waals surface area (Å²) in [6.07, 6.45) is 2.05. The summed E-state index contributed by atoms with van der Waals surface area (Å²) >= 11 is 2.04. The van der Waals surface area contributed by atoms with Gasteiger partial charge in [0.2, 0.25) is 0 Å². The van der Waals surface area contributed by atoms with Crippen molar-refractivity contribution in [1.29, 1.82) is 0 Å². The molecule has 0 heterocycles. The molecule has 0 unspecified atom stereocenters. The van der Waals surface area contributed by atoms with E-state index < -0.39 is 11.9 Å². The number of unbranched alkanes of at least 4 members (excludes halogenated alkanes) is 1. The highest BCUT2D eigenvalue weighted by Crippen LogP contribution is 2.15. The number of ether oxygens (including phenoxy) is 4. The van der Waals surface area contributed by atoms with Crippen molar-refractivity contribution in [3.63, 3.8) is 0 Å². The molecule has 25 heavy (non-hydrogen) atoms. The van der Waals surface area contributed by atoms with Crippen LogP contribution in [0.25, 0.3) is 0 Å². The number of carbonyl (C=O) groups is 2. The Morgan fingerprint density at radius 1 is 0.840 bits per heavy atom. The molecule has 1 rings (SSSR count). The van der Waals surface area contributed by atoms with Crippen LogP contribution < -0.4 is 0 Å². The van der Waals surface area contributed by atoms with Gasteiger partial charge in [-0.05, 0) is 54.1 Å². The molecule has 1 aromatic rings. The van der Waals surface area contributed by atoms with Crippen LogP contribution >= 0.6 is 22.6 Å². The highest BCUT2D eigenvalue weighted by Gasteiger charge is 2.14. The molecule has 6 nitrogen and oxygen atoms in total. The van der Waals surface area contributed by atoms with E-state index in [0.29, 0.717) is 37.6 Å². The average molecular weight is 464 g/mol. The zero-order chi connectivity index (χ0) is 18.5. The number of halogens is 1. The van der Waals surface area contributed by atoms with Gasteiger partial charge in [-0.3, -0.25) is 0 Å². The number of esters is 2. The predicted molar refractivity (Wildman–Crippen MR) is 102 cm³/mol. The lowest BCUT2D eigenvalue weighted by Gasteiger charge is -2.09. The number of hydrogen-bond donors (Lipinski definition) is 0. The maximum atomic E-state index is 12.1. The van der Waals surface area contributed by atoms with Crippen LogP contribution in [0.15, 0.2) is 18.2 Å². The van der Waals surface area contributed by atoms with Crippen LogP contribution in [-0.2, 0) is 18.9 Å². The summed E-state index contributed by atoms with van der Waals surface area (Å²) in [6.45, 7) is 6.25. The molecule has 7 heteroatoms. The van der Waals surface area contributed by atoms with Crippen LogP contribution in [0.3, 0.4) is 0 Å². The Kier molecular flexibility index (Phi) is 11.4. The van der Waals surface area contributed by atoms with Crippen molar-refractivity contribution in [1.82, 2.24) is 0 Å².